The average molecular weight is 262 g/mol. The van der Waals surface area contributed by atoms with Crippen molar-refractivity contribution in [2.24, 2.45) is 0 Å². The number of hydrogen-bond donors (Lipinski definition) is 2. The molecule has 1 unspecified atom stereocenters. The van der Waals surface area contributed by atoms with Gasteiger partial charge in [0, 0.05) is 13.1 Å². The standard InChI is InChI=1S/C15H22N2O2/c1-2-10-19-13-7-5-12(6-8-13)11-17-14-4-3-9-16-15(14)18/h5-8,14,17H,2-4,9-11H2,1H3,(H,16,18). The molecule has 1 heterocycles. The number of benzene rings is 1. The summed E-state index contributed by atoms with van der Waals surface area (Å²) in [5.41, 5.74) is 1.17. The molecule has 1 amide bonds. The first kappa shape index (κ1) is 13.9. The van der Waals surface area contributed by atoms with Gasteiger partial charge in [0.1, 0.15) is 5.75 Å². The van der Waals surface area contributed by atoms with E-state index in [1.54, 1.807) is 0 Å². The van der Waals surface area contributed by atoms with Crippen LogP contribution in [0.3, 0.4) is 0 Å². The van der Waals surface area contributed by atoms with Gasteiger partial charge in [-0.15, -0.1) is 0 Å². The van der Waals surface area contributed by atoms with E-state index in [1.165, 1.54) is 5.56 Å². The number of nitrogens with one attached hydrogen (secondary N) is 2. The van der Waals surface area contributed by atoms with Crippen LogP contribution >= 0.6 is 0 Å². The zero-order valence-corrected chi connectivity index (χ0v) is 11.4. The number of carbonyl (C=O) groups is 1. The summed E-state index contributed by atoms with van der Waals surface area (Å²) in [6.45, 7) is 4.36. The van der Waals surface area contributed by atoms with Crippen LogP contribution in [0.2, 0.25) is 0 Å². The predicted octanol–water partition coefficient (Wildman–Crippen LogP) is 1.84. The molecule has 1 aliphatic rings. The largest absolute Gasteiger partial charge is 0.494 e. The van der Waals surface area contributed by atoms with Gasteiger partial charge in [-0.1, -0.05) is 19.1 Å². The van der Waals surface area contributed by atoms with Gasteiger partial charge in [0.2, 0.25) is 5.91 Å². The van der Waals surface area contributed by atoms with Gasteiger partial charge in [-0.25, -0.2) is 0 Å². The maximum absolute atomic E-state index is 11.6. The molecule has 4 nitrogen and oxygen atoms in total. The third-order valence-corrected chi connectivity index (χ3v) is 3.23. The van der Waals surface area contributed by atoms with Crippen molar-refractivity contribution in [3.05, 3.63) is 29.8 Å². The first-order valence-corrected chi connectivity index (χ1v) is 7.02. The number of hydrogen-bond acceptors (Lipinski definition) is 3. The van der Waals surface area contributed by atoms with Crippen LogP contribution in [-0.2, 0) is 11.3 Å². The second kappa shape index (κ2) is 7.14. The maximum atomic E-state index is 11.6. The highest BCUT2D eigenvalue weighted by molar-refractivity contribution is 5.82. The molecule has 2 N–H and O–H groups in total. The average Bonchev–Trinajstić information content (AvgIpc) is 2.45. The van der Waals surface area contributed by atoms with Crippen LogP contribution < -0.4 is 15.4 Å². The van der Waals surface area contributed by atoms with Crippen molar-refractivity contribution >= 4 is 5.91 Å². The summed E-state index contributed by atoms with van der Waals surface area (Å²) in [5, 5.41) is 6.18. The van der Waals surface area contributed by atoms with Gasteiger partial charge in [0.05, 0.1) is 12.6 Å². The Bertz CT molecular complexity index is 403. The molecule has 1 fully saturated rings. The summed E-state index contributed by atoms with van der Waals surface area (Å²) < 4.78 is 5.54. The van der Waals surface area contributed by atoms with Gasteiger partial charge < -0.3 is 15.4 Å². The zero-order chi connectivity index (χ0) is 13.5. The normalized spacial score (nSPS) is 19.0. The van der Waals surface area contributed by atoms with Crippen molar-refractivity contribution in [3.8, 4) is 5.75 Å². The molecular weight excluding hydrogens is 240 g/mol. The number of ether oxygens (including phenoxy) is 1. The molecule has 1 atom stereocenters. The van der Waals surface area contributed by atoms with Crippen molar-refractivity contribution in [1.82, 2.24) is 10.6 Å². The van der Waals surface area contributed by atoms with Crippen LogP contribution in [0.5, 0.6) is 5.75 Å². The molecular formula is C15H22N2O2. The van der Waals surface area contributed by atoms with Crippen molar-refractivity contribution in [3.63, 3.8) is 0 Å². The fraction of sp³-hybridized carbons (Fsp3) is 0.533. The number of carbonyl (C=O) groups excluding carboxylic acids is 1. The Morgan fingerprint density at radius 3 is 2.84 bits per heavy atom. The molecule has 0 aromatic heterocycles. The minimum atomic E-state index is -0.0511. The number of amides is 1. The van der Waals surface area contributed by atoms with E-state index in [0.717, 1.165) is 38.2 Å². The highest BCUT2D eigenvalue weighted by Crippen LogP contribution is 2.13. The van der Waals surface area contributed by atoms with Crippen LogP contribution in [0.1, 0.15) is 31.7 Å². The quantitative estimate of drug-likeness (QED) is 0.822. The first-order valence-electron chi connectivity index (χ1n) is 7.02. The van der Waals surface area contributed by atoms with E-state index in [2.05, 4.69) is 17.6 Å². The fourth-order valence-corrected chi connectivity index (χ4v) is 2.13. The van der Waals surface area contributed by atoms with Crippen LogP contribution in [0.15, 0.2) is 24.3 Å². The smallest absolute Gasteiger partial charge is 0.237 e. The lowest BCUT2D eigenvalue weighted by Gasteiger charge is -2.22. The van der Waals surface area contributed by atoms with Crippen molar-refractivity contribution in [1.29, 1.82) is 0 Å². The van der Waals surface area contributed by atoms with Crippen LogP contribution in [0.4, 0.5) is 0 Å². The van der Waals surface area contributed by atoms with Gasteiger partial charge in [-0.2, -0.15) is 0 Å². The third kappa shape index (κ3) is 4.24. The summed E-state index contributed by atoms with van der Waals surface area (Å²) in [7, 11) is 0. The monoisotopic (exact) mass is 262 g/mol. The molecule has 1 aliphatic heterocycles. The molecule has 1 saturated heterocycles. The lowest BCUT2D eigenvalue weighted by Crippen LogP contribution is -2.47. The highest BCUT2D eigenvalue weighted by atomic mass is 16.5. The number of rotatable bonds is 6. The van der Waals surface area contributed by atoms with E-state index in [9.17, 15) is 4.79 Å². The van der Waals surface area contributed by atoms with Crippen molar-refractivity contribution < 1.29 is 9.53 Å². The molecule has 104 valence electrons. The van der Waals surface area contributed by atoms with Gasteiger partial charge in [-0.05, 0) is 37.0 Å². The topological polar surface area (TPSA) is 50.4 Å². The van der Waals surface area contributed by atoms with E-state index in [0.29, 0.717) is 6.54 Å². The molecule has 1 aromatic rings. The maximum Gasteiger partial charge on any atom is 0.237 e. The summed E-state index contributed by atoms with van der Waals surface area (Å²) in [5.74, 6) is 1.02. The van der Waals surface area contributed by atoms with Crippen molar-refractivity contribution in [2.45, 2.75) is 38.8 Å². The summed E-state index contributed by atoms with van der Waals surface area (Å²) in [6.07, 6.45) is 2.98. The van der Waals surface area contributed by atoms with E-state index in [-0.39, 0.29) is 11.9 Å². The minimum absolute atomic E-state index is 0.0511. The molecule has 2 rings (SSSR count). The summed E-state index contributed by atoms with van der Waals surface area (Å²) in [4.78, 5) is 11.6. The van der Waals surface area contributed by atoms with E-state index >= 15 is 0 Å². The molecule has 0 spiro atoms. The fourth-order valence-electron chi connectivity index (χ4n) is 2.13. The third-order valence-electron chi connectivity index (χ3n) is 3.23. The second-order valence-corrected chi connectivity index (χ2v) is 4.86. The Kier molecular flexibility index (Phi) is 5.21. The zero-order valence-electron chi connectivity index (χ0n) is 11.4. The first-order chi connectivity index (χ1) is 9.29. The van der Waals surface area contributed by atoms with Crippen LogP contribution in [0.25, 0.3) is 0 Å². The van der Waals surface area contributed by atoms with Crippen LogP contribution in [-0.4, -0.2) is 25.1 Å². The van der Waals surface area contributed by atoms with Gasteiger partial charge >= 0.3 is 0 Å². The van der Waals surface area contributed by atoms with Gasteiger partial charge in [0.15, 0.2) is 0 Å². The molecule has 0 saturated carbocycles. The van der Waals surface area contributed by atoms with Gasteiger partial charge in [-0.3, -0.25) is 4.79 Å². The highest BCUT2D eigenvalue weighted by Gasteiger charge is 2.20. The lowest BCUT2D eigenvalue weighted by atomic mass is 10.1. The molecule has 4 heteroatoms. The van der Waals surface area contributed by atoms with E-state index < -0.39 is 0 Å². The lowest BCUT2D eigenvalue weighted by molar-refractivity contribution is -0.124. The van der Waals surface area contributed by atoms with E-state index in [4.69, 9.17) is 4.74 Å². The van der Waals surface area contributed by atoms with Crippen LogP contribution in [0, 0.1) is 0 Å². The predicted molar refractivity (Wildman–Crippen MR) is 75.1 cm³/mol. The van der Waals surface area contributed by atoms with Gasteiger partial charge in [0.25, 0.3) is 0 Å². The SMILES string of the molecule is CCCOc1ccc(CNC2CCCNC2=O)cc1. The Morgan fingerprint density at radius 2 is 2.16 bits per heavy atom. The Labute approximate surface area is 114 Å². The Balaban J connectivity index is 1.80. The molecule has 0 aliphatic carbocycles. The number of piperidine rings is 1. The molecule has 0 bridgehead atoms. The van der Waals surface area contributed by atoms with Crippen molar-refractivity contribution in [2.75, 3.05) is 13.2 Å². The Morgan fingerprint density at radius 1 is 1.37 bits per heavy atom. The van der Waals surface area contributed by atoms with E-state index in [1.807, 2.05) is 24.3 Å². The minimum Gasteiger partial charge on any atom is -0.494 e. The summed E-state index contributed by atoms with van der Waals surface area (Å²) >= 11 is 0. The Hall–Kier alpha value is -1.55. The summed E-state index contributed by atoms with van der Waals surface area (Å²) in [6, 6.07) is 7.99. The molecule has 0 radical (unpaired) electrons. The molecule has 19 heavy (non-hydrogen) atoms. The molecule has 1 aromatic carbocycles. The second-order valence-electron chi connectivity index (χ2n) is 4.86.